The van der Waals surface area contributed by atoms with E-state index >= 15 is 0 Å². The lowest BCUT2D eigenvalue weighted by molar-refractivity contribution is 0.144. The van der Waals surface area contributed by atoms with Crippen LogP contribution in [0.2, 0.25) is 5.02 Å². The van der Waals surface area contributed by atoms with Gasteiger partial charge in [0.2, 0.25) is 0 Å². The number of benzene rings is 2. The highest BCUT2D eigenvalue weighted by Gasteiger charge is 2.28. The number of pyridine rings is 1. The zero-order valence-corrected chi connectivity index (χ0v) is 15.9. The standard InChI is InChI=1S/C23H19ClN2O2/c24-22-14-25-13-11-16(22)6-5-12-26-23(27)28-15-21-19-9-3-1-7-17(19)18-8-2-4-10-20(18)21/h1-11,13-14,21H,12,15H2,(H,26,27). The Kier molecular flexibility index (Phi) is 5.40. The molecule has 1 aromatic heterocycles. The maximum Gasteiger partial charge on any atom is 0.407 e. The molecule has 0 unspecified atom stereocenters. The van der Waals surface area contributed by atoms with Gasteiger partial charge in [-0.2, -0.15) is 0 Å². The Labute approximate surface area is 168 Å². The first-order valence-corrected chi connectivity index (χ1v) is 9.47. The summed E-state index contributed by atoms with van der Waals surface area (Å²) in [6.45, 7) is 0.662. The first-order valence-electron chi connectivity index (χ1n) is 9.09. The van der Waals surface area contributed by atoms with Crippen LogP contribution >= 0.6 is 11.6 Å². The van der Waals surface area contributed by atoms with Crippen LogP contribution in [0.5, 0.6) is 0 Å². The molecule has 0 fully saturated rings. The second kappa shape index (κ2) is 8.28. The molecule has 1 N–H and O–H groups in total. The molecule has 1 heterocycles. The van der Waals surface area contributed by atoms with Gasteiger partial charge in [0.1, 0.15) is 6.61 Å². The van der Waals surface area contributed by atoms with Crippen LogP contribution in [0.4, 0.5) is 4.79 Å². The second-order valence-corrected chi connectivity index (χ2v) is 6.91. The molecule has 0 saturated heterocycles. The maximum absolute atomic E-state index is 12.1. The van der Waals surface area contributed by atoms with Gasteiger partial charge in [0.25, 0.3) is 0 Å². The number of halogens is 1. The molecule has 2 aromatic carbocycles. The number of nitrogens with one attached hydrogen (secondary N) is 1. The summed E-state index contributed by atoms with van der Waals surface area (Å²) in [5, 5.41) is 3.31. The van der Waals surface area contributed by atoms with E-state index < -0.39 is 6.09 Å². The van der Waals surface area contributed by atoms with Crippen molar-refractivity contribution in [3.05, 3.63) is 94.8 Å². The van der Waals surface area contributed by atoms with Crippen molar-refractivity contribution in [1.82, 2.24) is 10.3 Å². The number of amides is 1. The summed E-state index contributed by atoms with van der Waals surface area (Å²) in [4.78, 5) is 16.0. The van der Waals surface area contributed by atoms with Gasteiger partial charge in [-0.3, -0.25) is 4.98 Å². The van der Waals surface area contributed by atoms with Crippen molar-refractivity contribution >= 4 is 23.8 Å². The molecule has 0 radical (unpaired) electrons. The zero-order valence-electron chi connectivity index (χ0n) is 15.1. The molecular weight excluding hydrogens is 372 g/mol. The smallest absolute Gasteiger partial charge is 0.407 e. The fraction of sp³-hybridized carbons (Fsp3) is 0.130. The Hall–Kier alpha value is -3.11. The Morgan fingerprint density at radius 1 is 1.07 bits per heavy atom. The number of fused-ring (bicyclic) bond motifs is 3. The predicted octanol–water partition coefficient (Wildman–Crippen LogP) is 5.29. The lowest BCUT2D eigenvalue weighted by Crippen LogP contribution is -2.26. The molecule has 1 amide bonds. The van der Waals surface area contributed by atoms with Crippen molar-refractivity contribution in [1.29, 1.82) is 0 Å². The van der Waals surface area contributed by atoms with E-state index in [2.05, 4.69) is 34.6 Å². The van der Waals surface area contributed by atoms with Gasteiger partial charge >= 0.3 is 6.09 Å². The first-order chi connectivity index (χ1) is 13.7. The highest BCUT2D eigenvalue weighted by Crippen LogP contribution is 2.44. The van der Waals surface area contributed by atoms with Crippen molar-refractivity contribution in [2.75, 3.05) is 13.2 Å². The molecule has 0 atom stereocenters. The van der Waals surface area contributed by atoms with E-state index in [1.54, 1.807) is 12.4 Å². The topological polar surface area (TPSA) is 51.2 Å². The minimum absolute atomic E-state index is 0.0596. The monoisotopic (exact) mass is 390 g/mol. The van der Waals surface area contributed by atoms with Crippen molar-refractivity contribution < 1.29 is 9.53 Å². The SMILES string of the molecule is O=C(NCC=Cc1ccncc1Cl)OCC1c2ccccc2-c2ccccc21. The Morgan fingerprint density at radius 2 is 1.75 bits per heavy atom. The number of aromatic nitrogens is 1. The third-order valence-electron chi connectivity index (χ3n) is 4.81. The zero-order chi connectivity index (χ0) is 19.3. The summed E-state index contributed by atoms with van der Waals surface area (Å²) in [6, 6.07) is 18.4. The molecule has 140 valence electrons. The van der Waals surface area contributed by atoms with Crippen LogP contribution in [0.3, 0.4) is 0 Å². The minimum atomic E-state index is -0.438. The molecule has 4 rings (SSSR count). The van der Waals surface area contributed by atoms with Crippen LogP contribution in [0.25, 0.3) is 17.2 Å². The van der Waals surface area contributed by atoms with Gasteiger partial charge < -0.3 is 10.1 Å². The lowest BCUT2D eigenvalue weighted by Gasteiger charge is -2.14. The molecule has 5 heteroatoms. The van der Waals surface area contributed by atoms with E-state index in [4.69, 9.17) is 16.3 Å². The van der Waals surface area contributed by atoms with Gasteiger partial charge in [-0.05, 0) is 33.9 Å². The normalized spacial score (nSPS) is 12.6. The summed E-state index contributed by atoms with van der Waals surface area (Å²) in [6.07, 6.45) is 6.48. The van der Waals surface area contributed by atoms with E-state index in [-0.39, 0.29) is 5.92 Å². The average molecular weight is 391 g/mol. The molecule has 28 heavy (non-hydrogen) atoms. The molecule has 1 aliphatic carbocycles. The van der Waals surface area contributed by atoms with Crippen LogP contribution in [-0.4, -0.2) is 24.2 Å². The number of ether oxygens (including phenoxy) is 1. The molecule has 4 nitrogen and oxygen atoms in total. The van der Waals surface area contributed by atoms with E-state index in [1.807, 2.05) is 42.5 Å². The van der Waals surface area contributed by atoms with Crippen LogP contribution in [0.1, 0.15) is 22.6 Å². The molecule has 0 spiro atoms. The molecular formula is C23H19ClN2O2. The third kappa shape index (κ3) is 3.78. The Bertz CT molecular complexity index is 987. The minimum Gasteiger partial charge on any atom is -0.449 e. The fourth-order valence-corrected chi connectivity index (χ4v) is 3.68. The van der Waals surface area contributed by atoms with Gasteiger partial charge in [0.05, 0.1) is 5.02 Å². The number of alkyl carbamates (subject to hydrolysis) is 1. The number of carbonyl (C=O) groups excluding carboxylic acids is 1. The predicted molar refractivity (Wildman–Crippen MR) is 111 cm³/mol. The average Bonchev–Trinajstić information content (AvgIpc) is 3.05. The van der Waals surface area contributed by atoms with E-state index in [0.717, 1.165) is 5.56 Å². The molecule has 0 bridgehead atoms. The molecule has 1 aliphatic rings. The highest BCUT2D eigenvalue weighted by molar-refractivity contribution is 6.31. The summed E-state index contributed by atoms with van der Waals surface area (Å²) >= 11 is 6.04. The van der Waals surface area contributed by atoms with E-state index in [9.17, 15) is 4.79 Å². The summed E-state index contributed by atoms with van der Waals surface area (Å²) < 4.78 is 5.50. The van der Waals surface area contributed by atoms with Crippen molar-refractivity contribution in [3.63, 3.8) is 0 Å². The number of nitrogens with zero attached hydrogens (tertiary/aromatic N) is 1. The number of carbonyl (C=O) groups is 1. The maximum atomic E-state index is 12.1. The largest absolute Gasteiger partial charge is 0.449 e. The van der Waals surface area contributed by atoms with Gasteiger partial charge in [-0.1, -0.05) is 72.3 Å². The number of hydrogen-bond acceptors (Lipinski definition) is 3. The quantitative estimate of drug-likeness (QED) is 0.644. The Morgan fingerprint density at radius 3 is 2.43 bits per heavy atom. The van der Waals surface area contributed by atoms with Gasteiger partial charge in [-0.15, -0.1) is 0 Å². The third-order valence-corrected chi connectivity index (χ3v) is 5.12. The van der Waals surface area contributed by atoms with Gasteiger partial charge in [-0.25, -0.2) is 4.79 Å². The van der Waals surface area contributed by atoms with Crippen LogP contribution in [0, 0.1) is 0 Å². The summed E-state index contributed by atoms with van der Waals surface area (Å²) in [5.74, 6) is 0.0596. The first kappa shape index (κ1) is 18.3. The number of rotatable bonds is 5. The lowest BCUT2D eigenvalue weighted by atomic mass is 9.98. The molecule has 3 aromatic rings. The van der Waals surface area contributed by atoms with Crippen molar-refractivity contribution in [2.45, 2.75) is 5.92 Å². The van der Waals surface area contributed by atoms with Crippen molar-refractivity contribution in [3.8, 4) is 11.1 Å². The summed E-state index contributed by atoms with van der Waals surface area (Å²) in [5.41, 5.74) is 5.67. The summed E-state index contributed by atoms with van der Waals surface area (Å²) in [7, 11) is 0. The second-order valence-electron chi connectivity index (χ2n) is 6.51. The molecule has 0 saturated carbocycles. The van der Waals surface area contributed by atoms with E-state index in [0.29, 0.717) is 18.2 Å². The van der Waals surface area contributed by atoms with Crippen molar-refractivity contribution in [2.24, 2.45) is 0 Å². The fourth-order valence-electron chi connectivity index (χ4n) is 3.50. The number of hydrogen-bond donors (Lipinski definition) is 1. The van der Waals surface area contributed by atoms with Crippen LogP contribution in [-0.2, 0) is 4.74 Å². The van der Waals surface area contributed by atoms with E-state index in [1.165, 1.54) is 22.3 Å². The van der Waals surface area contributed by atoms with Gasteiger partial charge in [0, 0.05) is 24.9 Å². The molecule has 0 aliphatic heterocycles. The Balaban J connectivity index is 1.35. The van der Waals surface area contributed by atoms with Crippen LogP contribution < -0.4 is 5.32 Å². The van der Waals surface area contributed by atoms with Crippen LogP contribution in [0.15, 0.2) is 73.1 Å². The highest BCUT2D eigenvalue weighted by atomic mass is 35.5. The van der Waals surface area contributed by atoms with Gasteiger partial charge in [0.15, 0.2) is 0 Å².